The summed E-state index contributed by atoms with van der Waals surface area (Å²) in [5, 5.41) is 5.55. The molecule has 2 N–H and O–H groups in total. The number of carbonyl (C=O) groups excluding carboxylic acids is 2. The van der Waals surface area contributed by atoms with E-state index in [0.717, 1.165) is 11.1 Å². The van der Waals surface area contributed by atoms with Crippen LogP contribution in [0.1, 0.15) is 21.5 Å². The molecule has 0 aliphatic heterocycles. The van der Waals surface area contributed by atoms with Gasteiger partial charge in [0, 0.05) is 11.3 Å². The average Bonchev–Trinajstić information content (AvgIpc) is 2.70. The molecule has 0 aliphatic rings. The zero-order valence-electron chi connectivity index (χ0n) is 15.0. The minimum Gasteiger partial charge on any atom is -0.321 e. The van der Waals surface area contributed by atoms with E-state index < -0.39 is 0 Å². The van der Waals surface area contributed by atoms with E-state index in [1.165, 1.54) is 0 Å². The van der Waals surface area contributed by atoms with Gasteiger partial charge in [-0.2, -0.15) is 0 Å². The van der Waals surface area contributed by atoms with Gasteiger partial charge in [-0.25, -0.2) is 0 Å². The van der Waals surface area contributed by atoms with Gasteiger partial charge in [0.1, 0.15) is 5.70 Å². The topological polar surface area (TPSA) is 58.2 Å². The molecular formula is C23H20N2O2. The predicted octanol–water partition coefficient (Wildman–Crippen LogP) is 4.40. The van der Waals surface area contributed by atoms with Gasteiger partial charge in [-0.15, -0.1) is 0 Å². The van der Waals surface area contributed by atoms with Crippen LogP contribution in [0.15, 0.2) is 90.6 Å². The molecule has 0 saturated heterocycles. The highest BCUT2D eigenvalue weighted by Gasteiger charge is 2.14. The van der Waals surface area contributed by atoms with E-state index >= 15 is 0 Å². The average molecular weight is 356 g/mol. The maximum Gasteiger partial charge on any atom is 0.272 e. The van der Waals surface area contributed by atoms with Crippen molar-refractivity contribution >= 4 is 23.6 Å². The third-order valence-corrected chi connectivity index (χ3v) is 3.95. The lowest BCUT2D eigenvalue weighted by Gasteiger charge is -2.11. The Hall–Kier alpha value is -3.66. The number of aryl methyl sites for hydroxylation is 1. The molecule has 0 spiro atoms. The number of nitrogens with one attached hydrogen (secondary N) is 2. The lowest BCUT2D eigenvalue weighted by Crippen LogP contribution is -2.30. The summed E-state index contributed by atoms with van der Waals surface area (Å²) < 4.78 is 0. The summed E-state index contributed by atoms with van der Waals surface area (Å²) in [6.07, 6.45) is 1.66. The monoisotopic (exact) mass is 356 g/mol. The van der Waals surface area contributed by atoms with Crippen molar-refractivity contribution in [3.8, 4) is 0 Å². The van der Waals surface area contributed by atoms with Crippen LogP contribution >= 0.6 is 0 Å². The highest BCUT2D eigenvalue weighted by Crippen LogP contribution is 2.12. The van der Waals surface area contributed by atoms with Crippen LogP contribution < -0.4 is 10.6 Å². The maximum atomic E-state index is 12.8. The standard InChI is InChI=1S/C23H20N2O2/c1-17-12-14-20(15-13-17)24-23(27)21(16-18-8-4-2-5-9-18)25-22(26)19-10-6-3-7-11-19/h2-16H,1H3,(H,24,27)(H,25,26)/b21-16+. The zero-order chi connectivity index (χ0) is 19.1. The van der Waals surface area contributed by atoms with Gasteiger partial charge >= 0.3 is 0 Å². The number of anilines is 1. The molecule has 0 atom stereocenters. The number of amides is 2. The van der Waals surface area contributed by atoms with Gasteiger partial charge in [0.05, 0.1) is 0 Å². The van der Waals surface area contributed by atoms with Crippen molar-refractivity contribution in [2.75, 3.05) is 5.32 Å². The van der Waals surface area contributed by atoms with Crippen LogP contribution in [0.4, 0.5) is 5.69 Å². The minimum absolute atomic E-state index is 0.177. The normalized spacial score (nSPS) is 10.9. The van der Waals surface area contributed by atoms with Crippen molar-refractivity contribution in [3.05, 3.63) is 107 Å². The molecule has 0 aromatic heterocycles. The highest BCUT2D eigenvalue weighted by molar-refractivity contribution is 6.10. The molecule has 0 saturated carbocycles. The van der Waals surface area contributed by atoms with Gasteiger partial charge in [0.15, 0.2) is 0 Å². The number of carbonyl (C=O) groups is 2. The Kier molecular flexibility index (Phi) is 5.80. The number of benzene rings is 3. The zero-order valence-corrected chi connectivity index (χ0v) is 15.0. The molecule has 2 amide bonds. The molecule has 27 heavy (non-hydrogen) atoms. The molecule has 4 heteroatoms. The molecule has 0 bridgehead atoms. The smallest absolute Gasteiger partial charge is 0.272 e. The van der Waals surface area contributed by atoms with E-state index in [1.807, 2.05) is 67.6 Å². The number of rotatable bonds is 5. The maximum absolute atomic E-state index is 12.8. The summed E-state index contributed by atoms with van der Waals surface area (Å²) >= 11 is 0. The van der Waals surface area contributed by atoms with Gasteiger partial charge in [0.2, 0.25) is 0 Å². The Labute approximate surface area is 158 Å². The molecule has 0 unspecified atom stereocenters. The summed E-state index contributed by atoms with van der Waals surface area (Å²) in [5.74, 6) is -0.719. The predicted molar refractivity (Wildman–Crippen MR) is 108 cm³/mol. The fraction of sp³-hybridized carbons (Fsp3) is 0.0435. The Bertz CT molecular complexity index is 947. The Balaban J connectivity index is 1.85. The largest absolute Gasteiger partial charge is 0.321 e. The summed E-state index contributed by atoms with van der Waals surface area (Å²) in [6, 6.07) is 25.7. The van der Waals surface area contributed by atoms with Gasteiger partial charge in [-0.05, 0) is 42.8 Å². The van der Waals surface area contributed by atoms with Crippen molar-refractivity contribution in [1.29, 1.82) is 0 Å². The Morgan fingerprint density at radius 1 is 0.778 bits per heavy atom. The van der Waals surface area contributed by atoms with Crippen molar-refractivity contribution in [3.63, 3.8) is 0 Å². The first-order valence-corrected chi connectivity index (χ1v) is 8.63. The lowest BCUT2D eigenvalue weighted by atomic mass is 10.1. The molecular weight excluding hydrogens is 336 g/mol. The van der Waals surface area contributed by atoms with Gasteiger partial charge in [-0.3, -0.25) is 9.59 Å². The first-order valence-electron chi connectivity index (χ1n) is 8.63. The van der Waals surface area contributed by atoms with Crippen molar-refractivity contribution in [1.82, 2.24) is 5.32 Å². The minimum atomic E-state index is -0.382. The van der Waals surface area contributed by atoms with E-state index in [9.17, 15) is 9.59 Å². The quantitative estimate of drug-likeness (QED) is 0.666. The molecule has 3 rings (SSSR count). The molecule has 0 heterocycles. The van der Waals surface area contributed by atoms with Crippen LogP contribution in [0.25, 0.3) is 6.08 Å². The number of hydrogen-bond donors (Lipinski definition) is 2. The molecule has 3 aromatic carbocycles. The third-order valence-electron chi connectivity index (χ3n) is 3.95. The van der Waals surface area contributed by atoms with Crippen LogP contribution in [0, 0.1) is 6.92 Å². The van der Waals surface area contributed by atoms with Gasteiger partial charge < -0.3 is 10.6 Å². The van der Waals surface area contributed by atoms with Gasteiger partial charge in [0.25, 0.3) is 11.8 Å². The van der Waals surface area contributed by atoms with Crippen molar-refractivity contribution in [2.24, 2.45) is 0 Å². The van der Waals surface area contributed by atoms with Crippen molar-refractivity contribution < 1.29 is 9.59 Å². The summed E-state index contributed by atoms with van der Waals surface area (Å²) in [7, 11) is 0. The van der Waals surface area contributed by atoms with Gasteiger partial charge in [-0.1, -0.05) is 66.2 Å². The lowest BCUT2D eigenvalue weighted by molar-refractivity contribution is -0.113. The van der Waals surface area contributed by atoms with E-state index in [0.29, 0.717) is 11.3 Å². The Morgan fingerprint density at radius 3 is 2.00 bits per heavy atom. The van der Waals surface area contributed by atoms with E-state index in [1.54, 1.807) is 30.3 Å². The van der Waals surface area contributed by atoms with E-state index in [-0.39, 0.29) is 17.5 Å². The molecule has 0 aliphatic carbocycles. The first-order chi connectivity index (χ1) is 13.1. The summed E-state index contributed by atoms with van der Waals surface area (Å²) in [4.78, 5) is 25.3. The second kappa shape index (κ2) is 8.63. The van der Waals surface area contributed by atoms with Crippen LogP contribution in [0.3, 0.4) is 0 Å². The fourth-order valence-corrected chi connectivity index (χ4v) is 2.49. The SMILES string of the molecule is Cc1ccc(NC(=O)/C(=C\c2ccccc2)NC(=O)c2ccccc2)cc1. The van der Waals surface area contributed by atoms with E-state index in [2.05, 4.69) is 10.6 Å². The molecule has 134 valence electrons. The highest BCUT2D eigenvalue weighted by atomic mass is 16.2. The Morgan fingerprint density at radius 2 is 1.37 bits per heavy atom. The molecule has 3 aromatic rings. The van der Waals surface area contributed by atoms with Crippen LogP contribution in [-0.2, 0) is 4.79 Å². The molecule has 4 nitrogen and oxygen atoms in total. The van der Waals surface area contributed by atoms with E-state index in [4.69, 9.17) is 0 Å². The third kappa shape index (κ3) is 5.16. The summed E-state index contributed by atoms with van der Waals surface area (Å²) in [6.45, 7) is 1.98. The van der Waals surface area contributed by atoms with Crippen LogP contribution in [-0.4, -0.2) is 11.8 Å². The summed E-state index contributed by atoms with van der Waals surface area (Å²) in [5.41, 5.74) is 3.25. The molecule has 0 fully saturated rings. The second-order valence-electron chi connectivity index (χ2n) is 6.11. The van der Waals surface area contributed by atoms with Crippen LogP contribution in [0.2, 0.25) is 0 Å². The number of hydrogen-bond acceptors (Lipinski definition) is 2. The fourth-order valence-electron chi connectivity index (χ4n) is 2.49. The van der Waals surface area contributed by atoms with Crippen LogP contribution in [0.5, 0.6) is 0 Å². The first kappa shape index (κ1) is 18.1. The second-order valence-corrected chi connectivity index (χ2v) is 6.11. The molecule has 0 radical (unpaired) electrons. The van der Waals surface area contributed by atoms with Crippen molar-refractivity contribution in [2.45, 2.75) is 6.92 Å².